The molecule has 0 bridgehead atoms. The number of hydrogen-bond donors (Lipinski definition) is 0. The third-order valence-corrected chi connectivity index (χ3v) is 8.02. The lowest BCUT2D eigenvalue weighted by molar-refractivity contribution is 1.17. The van der Waals surface area contributed by atoms with Crippen LogP contribution in [-0.2, 0) is 12.8 Å². The average molecular weight is 447 g/mol. The van der Waals surface area contributed by atoms with Crippen molar-refractivity contribution in [3.05, 3.63) is 108 Å². The second-order valence-corrected chi connectivity index (χ2v) is 9.65. The summed E-state index contributed by atoms with van der Waals surface area (Å²) in [5.41, 5.74) is 16.3. The molecule has 0 saturated heterocycles. The summed E-state index contributed by atoms with van der Waals surface area (Å²) in [4.78, 5) is 14.3. The normalized spacial score (nSPS) is 13.5. The number of benzene rings is 3. The molecule has 0 radical (unpaired) electrons. The summed E-state index contributed by atoms with van der Waals surface area (Å²) in [6, 6.07) is 24.2. The van der Waals surface area contributed by atoms with Gasteiger partial charge in [-0.3, -0.25) is 14.4 Å². The molecule has 0 aliphatic heterocycles. The highest BCUT2D eigenvalue weighted by Crippen LogP contribution is 2.49. The fourth-order valence-electron chi connectivity index (χ4n) is 6.56. The van der Waals surface area contributed by atoms with Crippen LogP contribution >= 0.6 is 0 Å². The number of hydrogen-bond acceptors (Lipinski definition) is 3. The van der Waals surface area contributed by atoms with Gasteiger partial charge in [-0.15, -0.1) is 0 Å². The molecule has 9 rings (SSSR count). The van der Waals surface area contributed by atoms with Crippen molar-refractivity contribution in [3.63, 3.8) is 0 Å². The molecule has 0 amide bonds. The molecule has 0 N–H and O–H groups in total. The van der Waals surface area contributed by atoms with E-state index in [9.17, 15) is 0 Å². The van der Waals surface area contributed by atoms with Crippen molar-refractivity contribution in [1.29, 1.82) is 0 Å². The predicted molar refractivity (Wildman–Crippen MR) is 140 cm³/mol. The minimum absolute atomic E-state index is 0.933. The van der Waals surface area contributed by atoms with Crippen molar-refractivity contribution in [3.8, 4) is 22.3 Å². The quantitative estimate of drug-likeness (QED) is 0.243. The SMILES string of the molecule is c1ccc2c(c1)Cc1c-2ccc2c1Cc1c-2ccc2c1c1ncccc1n1c3cnccc3nc21. The third-order valence-electron chi connectivity index (χ3n) is 8.02. The molecule has 0 fully saturated rings. The van der Waals surface area contributed by atoms with Crippen LogP contribution in [0, 0.1) is 0 Å². The van der Waals surface area contributed by atoms with Crippen LogP contribution < -0.4 is 0 Å². The molecule has 4 heteroatoms. The molecule has 4 nitrogen and oxygen atoms in total. The molecule has 0 spiro atoms. The Morgan fingerprint density at radius 2 is 1.49 bits per heavy atom. The fourth-order valence-corrected chi connectivity index (χ4v) is 6.56. The summed E-state index contributed by atoms with van der Waals surface area (Å²) >= 11 is 0. The number of rotatable bonds is 0. The van der Waals surface area contributed by atoms with E-state index in [1.54, 1.807) is 0 Å². The largest absolute Gasteiger partial charge is 0.289 e. The van der Waals surface area contributed by atoms with Crippen LogP contribution in [0.25, 0.3) is 60.7 Å². The van der Waals surface area contributed by atoms with Gasteiger partial charge in [0, 0.05) is 23.2 Å². The van der Waals surface area contributed by atoms with Gasteiger partial charge in [0.15, 0.2) is 0 Å². The van der Waals surface area contributed by atoms with Crippen molar-refractivity contribution in [2.24, 2.45) is 0 Å². The van der Waals surface area contributed by atoms with E-state index in [2.05, 4.69) is 64.0 Å². The zero-order chi connectivity index (χ0) is 22.7. The number of nitrogens with zero attached hydrogens (tertiary/aromatic N) is 4. The summed E-state index contributed by atoms with van der Waals surface area (Å²) in [6.45, 7) is 0. The van der Waals surface area contributed by atoms with Crippen LogP contribution in [-0.4, -0.2) is 19.4 Å². The van der Waals surface area contributed by atoms with Crippen LogP contribution in [0.1, 0.15) is 22.3 Å². The van der Waals surface area contributed by atoms with Crippen molar-refractivity contribution >= 4 is 38.5 Å². The maximum atomic E-state index is 5.05. The van der Waals surface area contributed by atoms with E-state index >= 15 is 0 Å². The van der Waals surface area contributed by atoms with Crippen molar-refractivity contribution in [1.82, 2.24) is 19.4 Å². The number of aromatic nitrogens is 4. The van der Waals surface area contributed by atoms with Gasteiger partial charge >= 0.3 is 0 Å². The molecule has 3 aromatic carbocycles. The molecule has 2 aliphatic carbocycles. The summed E-state index contributed by atoms with van der Waals surface area (Å²) in [5.74, 6) is 0. The monoisotopic (exact) mass is 446 g/mol. The average Bonchev–Trinajstić information content (AvgIpc) is 3.59. The van der Waals surface area contributed by atoms with Gasteiger partial charge in [0.2, 0.25) is 0 Å². The predicted octanol–water partition coefficient (Wildman–Crippen LogP) is 6.73. The summed E-state index contributed by atoms with van der Waals surface area (Å²) in [5, 5.41) is 2.38. The second kappa shape index (κ2) is 6.10. The van der Waals surface area contributed by atoms with Crippen molar-refractivity contribution in [2.45, 2.75) is 12.8 Å². The Labute approximate surface area is 200 Å². The molecule has 0 atom stereocenters. The molecule has 4 heterocycles. The maximum Gasteiger partial charge on any atom is 0.146 e. The van der Waals surface area contributed by atoms with Gasteiger partial charge in [0.25, 0.3) is 0 Å². The summed E-state index contributed by atoms with van der Waals surface area (Å²) in [6.07, 6.45) is 7.56. The second-order valence-electron chi connectivity index (χ2n) is 9.65. The molecule has 0 saturated carbocycles. The van der Waals surface area contributed by atoms with Gasteiger partial charge in [0.05, 0.1) is 28.3 Å². The zero-order valence-corrected chi connectivity index (χ0v) is 18.8. The lowest BCUT2D eigenvalue weighted by atomic mass is 9.96. The molecule has 7 aromatic rings. The number of imidazole rings is 1. The smallest absolute Gasteiger partial charge is 0.146 e. The van der Waals surface area contributed by atoms with Crippen LogP contribution in [0.5, 0.6) is 0 Å². The van der Waals surface area contributed by atoms with Crippen LogP contribution in [0.3, 0.4) is 0 Å². The molecular formula is C31H18N4. The highest BCUT2D eigenvalue weighted by atomic mass is 15.0. The van der Waals surface area contributed by atoms with E-state index in [0.29, 0.717) is 0 Å². The van der Waals surface area contributed by atoms with Crippen molar-refractivity contribution in [2.75, 3.05) is 0 Å². The highest BCUT2D eigenvalue weighted by Gasteiger charge is 2.30. The highest BCUT2D eigenvalue weighted by molar-refractivity contribution is 6.16. The van der Waals surface area contributed by atoms with E-state index in [4.69, 9.17) is 9.97 Å². The Bertz CT molecular complexity index is 2070. The molecule has 2 aliphatic rings. The fraction of sp³-hybridized carbons (Fsp3) is 0.0645. The van der Waals surface area contributed by atoms with Crippen LogP contribution in [0.2, 0.25) is 0 Å². The van der Waals surface area contributed by atoms with Gasteiger partial charge in [-0.05, 0) is 81.6 Å². The summed E-state index contributed by atoms with van der Waals surface area (Å²) in [7, 11) is 0. The van der Waals surface area contributed by atoms with E-state index in [-0.39, 0.29) is 0 Å². The molecule has 0 unspecified atom stereocenters. The number of pyridine rings is 3. The molecule has 35 heavy (non-hydrogen) atoms. The molecular weight excluding hydrogens is 428 g/mol. The van der Waals surface area contributed by atoms with Gasteiger partial charge in [0.1, 0.15) is 5.65 Å². The van der Waals surface area contributed by atoms with E-state index in [1.807, 2.05) is 30.7 Å². The summed E-state index contributed by atoms with van der Waals surface area (Å²) < 4.78 is 2.22. The number of fused-ring (bicyclic) bond motifs is 16. The first-order valence-electron chi connectivity index (χ1n) is 12.0. The Balaban J connectivity index is 1.39. The lowest BCUT2D eigenvalue weighted by Gasteiger charge is -2.11. The first-order chi connectivity index (χ1) is 17.4. The van der Waals surface area contributed by atoms with Gasteiger partial charge in [-0.2, -0.15) is 0 Å². The Morgan fingerprint density at radius 3 is 2.46 bits per heavy atom. The minimum Gasteiger partial charge on any atom is -0.289 e. The third kappa shape index (κ3) is 2.11. The standard InChI is InChI=1S/C31H18N4/c1-2-5-18-17(4-1)14-23-19(18)7-8-20-21-9-10-22-29(25(21)15-24(20)23)30-27(6-3-12-33-30)35-28-16-32-13-11-26(28)34-31(22)35/h1-13,16H,14-15H2. The van der Waals surface area contributed by atoms with E-state index in [0.717, 1.165) is 45.9 Å². The Kier molecular flexibility index (Phi) is 3.11. The lowest BCUT2D eigenvalue weighted by Crippen LogP contribution is -1.96. The molecule has 4 aromatic heterocycles. The Morgan fingerprint density at radius 1 is 0.657 bits per heavy atom. The minimum atomic E-state index is 0.933. The first-order valence-corrected chi connectivity index (χ1v) is 12.0. The van der Waals surface area contributed by atoms with Crippen molar-refractivity contribution < 1.29 is 0 Å². The first kappa shape index (κ1) is 17.8. The topological polar surface area (TPSA) is 43.1 Å². The molecule has 162 valence electrons. The van der Waals surface area contributed by atoms with E-state index in [1.165, 1.54) is 49.9 Å². The zero-order valence-electron chi connectivity index (χ0n) is 18.8. The Hall–Kier alpha value is -4.57. The van der Waals surface area contributed by atoms with Crippen LogP contribution in [0.4, 0.5) is 0 Å². The van der Waals surface area contributed by atoms with Crippen LogP contribution in [0.15, 0.2) is 85.3 Å². The van der Waals surface area contributed by atoms with Gasteiger partial charge in [-0.25, -0.2) is 4.98 Å². The van der Waals surface area contributed by atoms with E-state index < -0.39 is 0 Å². The maximum absolute atomic E-state index is 5.05. The van der Waals surface area contributed by atoms with Gasteiger partial charge < -0.3 is 0 Å². The van der Waals surface area contributed by atoms with Gasteiger partial charge in [-0.1, -0.05) is 42.5 Å².